The van der Waals surface area contributed by atoms with Crippen molar-refractivity contribution < 1.29 is 13.6 Å². The molecular formula is C12H19ClF2N4O. The van der Waals surface area contributed by atoms with Crippen LogP contribution in [-0.2, 0) is 11.3 Å². The summed E-state index contributed by atoms with van der Waals surface area (Å²) < 4.78 is 25.5. The van der Waals surface area contributed by atoms with E-state index in [-0.39, 0.29) is 30.2 Å². The number of alkyl halides is 2. The number of aromatic nitrogens is 2. The number of carbonyl (C=O) groups is 1. The second-order valence-corrected chi connectivity index (χ2v) is 4.86. The average molecular weight is 309 g/mol. The molecule has 1 aliphatic carbocycles. The van der Waals surface area contributed by atoms with Gasteiger partial charge in [0, 0.05) is 12.1 Å². The van der Waals surface area contributed by atoms with Crippen LogP contribution in [0.3, 0.4) is 0 Å². The van der Waals surface area contributed by atoms with Crippen LogP contribution in [0.4, 0.5) is 14.5 Å². The van der Waals surface area contributed by atoms with E-state index in [1.807, 2.05) is 0 Å². The van der Waals surface area contributed by atoms with Crippen molar-refractivity contribution in [3.8, 4) is 0 Å². The van der Waals surface area contributed by atoms with E-state index in [1.165, 1.54) is 12.4 Å². The van der Waals surface area contributed by atoms with Gasteiger partial charge in [-0.1, -0.05) is 6.42 Å². The molecule has 8 heteroatoms. The number of anilines is 1. The van der Waals surface area contributed by atoms with Gasteiger partial charge in [-0.2, -0.15) is 5.10 Å². The van der Waals surface area contributed by atoms with E-state index in [4.69, 9.17) is 5.73 Å². The lowest BCUT2D eigenvalue weighted by Crippen LogP contribution is -2.29. The van der Waals surface area contributed by atoms with E-state index in [1.54, 1.807) is 0 Å². The van der Waals surface area contributed by atoms with Gasteiger partial charge in [-0.05, 0) is 25.3 Å². The van der Waals surface area contributed by atoms with Gasteiger partial charge in [0.2, 0.25) is 5.91 Å². The number of carbonyl (C=O) groups excluding carboxylic acids is 1. The van der Waals surface area contributed by atoms with Gasteiger partial charge in [0.25, 0.3) is 6.43 Å². The third-order valence-corrected chi connectivity index (χ3v) is 3.52. The van der Waals surface area contributed by atoms with Gasteiger partial charge in [0.1, 0.15) is 6.54 Å². The fraction of sp³-hybridized carbons (Fsp3) is 0.667. The molecule has 3 N–H and O–H groups in total. The van der Waals surface area contributed by atoms with Gasteiger partial charge in [-0.25, -0.2) is 8.78 Å². The second kappa shape index (κ2) is 7.54. The predicted molar refractivity (Wildman–Crippen MR) is 74.0 cm³/mol. The first kappa shape index (κ1) is 16.8. The highest BCUT2D eigenvalue weighted by Gasteiger charge is 2.32. The highest BCUT2D eigenvalue weighted by Crippen LogP contribution is 2.31. The van der Waals surface area contributed by atoms with Gasteiger partial charge in [-0.3, -0.25) is 9.48 Å². The van der Waals surface area contributed by atoms with Gasteiger partial charge < -0.3 is 11.1 Å². The zero-order chi connectivity index (χ0) is 13.8. The summed E-state index contributed by atoms with van der Waals surface area (Å²) in [6, 6.07) is 0. The van der Waals surface area contributed by atoms with Crippen molar-refractivity contribution in [3.63, 3.8) is 0 Å². The third-order valence-electron chi connectivity index (χ3n) is 3.52. The first-order valence-electron chi connectivity index (χ1n) is 6.41. The summed E-state index contributed by atoms with van der Waals surface area (Å²) in [4.78, 5) is 12.1. The third kappa shape index (κ3) is 4.14. The van der Waals surface area contributed by atoms with Crippen molar-refractivity contribution in [2.24, 2.45) is 17.6 Å². The summed E-state index contributed by atoms with van der Waals surface area (Å²) in [6.07, 6.45) is 3.14. The summed E-state index contributed by atoms with van der Waals surface area (Å²) in [6.45, 7) is 0.0352. The van der Waals surface area contributed by atoms with Crippen LogP contribution in [0.2, 0.25) is 0 Å². The lowest BCUT2D eigenvalue weighted by Gasteiger charge is -2.16. The summed E-state index contributed by atoms with van der Waals surface area (Å²) in [7, 11) is 0. The van der Waals surface area contributed by atoms with E-state index in [9.17, 15) is 13.6 Å². The van der Waals surface area contributed by atoms with Crippen LogP contribution >= 0.6 is 12.4 Å². The Morgan fingerprint density at radius 3 is 2.95 bits per heavy atom. The van der Waals surface area contributed by atoms with Crippen molar-refractivity contribution >= 4 is 24.0 Å². The number of halogens is 3. The molecule has 1 aromatic rings. The number of nitrogens with one attached hydrogen (secondary N) is 1. The maximum atomic E-state index is 12.2. The Bertz CT molecular complexity index is 441. The molecule has 1 amide bonds. The number of rotatable bonds is 5. The fourth-order valence-electron chi connectivity index (χ4n) is 2.57. The monoisotopic (exact) mass is 308 g/mol. The molecule has 1 heterocycles. The molecule has 0 radical (unpaired) electrons. The Hall–Kier alpha value is -1.21. The van der Waals surface area contributed by atoms with Crippen molar-refractivity contribution in [1.29, 1.82) is 0 Å². The lowest BCUT2D eigenvalue weighted by molar-refractivity contribution is -0.120. The van der Waals surface area contributed by atoms with Gasteiger partial charge in [-0.15, -0.1) is 12.4 Å². The van der Waals surface area contributed by atoms with Crippen molar-refractivity contribution in [3.05, 3.63) is 12.4 Å². The van der Waals surface area contributed by atoms with Crippen LogP contribution < -0.4 is 11.1 Å². The van der Waals surface area contributed by atoms with Gasteiger partial charge in [0.05, 0.1) is 11.9 Å². The highest BCUT2D eigenvalue weighted by molar-refractivity contribution is 5.92. The molecule has 20 heavy (non-hydrogen) atoms. The summed E-state index contributed by atoms with van der Waals surface area (Å²) in [5, 5.41) is 6.49. The standard InChI is InChI=1S/C12H18F2N4O.ClH/c13-11(14)7-18-6-9(5-16-18)17-12(19)10-3-1-2-8(10)4-15;/h5-6,8,10-11H,1-4,7,15H2,(H,17,19);1H/t8-,10-;/m1./s1. The molecule has 0 bridgehead atoms. The Kier molecular flexibility index (Phi) is 6.35. The van der Waals surface area contributed by atoms with Crippen molar-refractivity contribution in [2.45, 2.75) is 32.2 Å². The quantitative estimate of drug-likeness (QED) is 0.872. The van der Waals surface area contributed by atoms with Crippen molar-refractivity contribution in [1.82, 2.24) is 9.78 Å². The molecule has 0 unspecified atom stereocenters. The Morgan fingerprint density at radius 1 is 1.55 bits per heavy atom. The molecule has 1 aromatic heterocycles. The number of amides is 1. The van der Waals surface area contributed by atoms with Crippen LogP contribution in [0.15, 0.2) is 12.4 Å². The zero-order valence-corrected chi connectivity index (χ0v) is 11.8. The van der Waals surface area contributed by atoms with E-state index in [2.05, 4.69) is 10.4 Å². The average Bonchev–Trinajstić information content (AvgIpc) is 2.96. The molecule has 1 saturated carbocycles. The maximum Gasteiger partial charge on any atom is 0.257 e. The van der Waals surface area contributed by atoms with E-state index >= 15 is 0 Å². The maximum absolute atomic E-state index is 12.2. The number of hydrogen-bond acceptors (Lipinski definition) is 3. The molecule has 2 rings (SSSR count). The fourth-order valence-corrected chi connectivity index (χ4v) is 2.57. The SMILES string of the molecule is Cl.NC[C@H]1CCC[C@H]1C(=O)Nc1cnn(CC(F)F)c1. The topological polar surface area (TPSA) is 72.9 Å². The van der Waals surface area contributed by atoms with Crippen LogP contribution in [0, 0.1) is 11.8 Å². The van der Waals surface area contributed by atoms with E-state index in [0.717, 1.165) is 23.9 Å². The smallest absolute Gasteiger partial charge is 0.257 e. The summed E-state index contributed by atoms with van der Waals surface area (Å²) in [5.41, 5.74) is 6.09. The van der Waals surface area contributed by atoms with Gasteiger partial charge in [0.15, 0.2) is 0 Å². The van der Waals surface area contributed by atoms with Crippen molar-refractivity contribution in [2.75, 3.05) is 11.9 Å². The summed E-state index contributed by atoms with van der Waals surface area (Å²) in [5.74, 6) is 0.0455. The first-order valence-corrected chi connectivity index (χ1v) is 6.41. The van der Waals surface area contributed by atoms with Gasteiger partial charge >= 0.3 is 0 Å². The molecule has 0 aliphatic heterocycles. The Morgan fingerprint density at radius 2 is 2.30 bits per heavy atom. The molecule has 0 aromatic carbocycles. The molecule has 1 fully saturated rings. The molecule has 5 nitrogen and oxygen atoms in total. The minimum atomic E-state index is -2.46. The first-order chi connectivity index (χ1) is 9.10. The van der Waals surface area contributed by atoms with Crippen LogP contribution in [-0.4, -0.2) is 28.7 Å². The Balaban J connectivity index is 0.00000200. The molecule has 2 atom stereocenters. The number of nitrogens with zero attached hydrogens (tertiary/aromatic N) is 2. The molecule has 1 aliphatic rings. The largest absolute Gasteiger partial charge is 0.330 e. The second-order valence-electron chi connectivity index (χ2n) is 4.86. The Labute approximate surface area is 122 Å². The van der Waals surface area contributed by atoms with E-state index in [0.29, 0.717) is 12.2 Å². The molecule has 0 spiro atoms. The van der Waals surface area contributed by atoms with Crippen LogP contribution in [0.25, 0.3) is 0 Å². The van der Waals surface area contributed by atoms with Crippen LogP contribution in [0.1, 0.15) is 19.3 Å². The lowest BCUT2D eigenvalue weighted by atomic mass is 9.95. The molecule has 0 saturated heterocycles. The minimum Gasteiger partial charge on any atom is -0.330 e. The highest BCUT2D eigenvalue weighted by atomic mass is 35.5. The molecule has 114 valence electrons. The predicted octanol–water partition coefficient (Wildman–Crippen LogP) is 1.88. The number of hydrogen-bond donors (Lipinski definition) is 2. The number of nitrogens with two attached hydrogens (primary N) is 1. The minimum absolute atomic E-state index is 0. The normalized spacial score (nSPS) is 21.8. The zero-order valence-electron chi connectivity index (χ0n) is 11.0. The van der Waals surface area contributed by atoms with Crippen LogP contribution in [0.5, 0.6) is 0 Å². The summed E-state index contributed by atoms with van der Waals surface area (Å²) >= 11 is 0. The molecular weight excluding hydrogens is 290 g/mol. The van der Waals surface area contributed by atoms with E-state index < -0.39 is 13.0 Å².